The molecule has 1 aromatic carbocycles. The van der Waals surface area contributed by atoms with Crippen molar-refractivity contribution in [1.29, 1.82) is 0 Å². The molecule has 27 heavy (non-hydrogen) atoms. The van der Waals surface area contributed by atoms with Crippen LogP contribution < -0.4 is 15.5 Å². The summed E-state index contributed by atoms with van der Waals surface area (Å²) in [5.41, 5.74) is 1.72. The Morgan fingerprint density at radius 3 is 2.44 bits per heavy atom. The van der Waals surface area contributed by atoms with Gasteiger partial charge in [0, 0.05) is 32.2 Å². The normalized spacial score (nSPS) is 18.1. The van der Waals surface area contributed by atoms with Gasteiger partial charge in [0.05, 0.1) is 16.3 Å². The first-order valence-electron chi connectivity index (χ1n) is 9.92. The van der Waals surface area contributed by atoms with E-state index < -0.39 is 10.0 Å². The van der Waals surface area contributed by atoms with E-state index in [0.29, 0.717) is 29.1 Å². The maximum Gasteiger partial charge on any atom is 0.243 e. The Balaban J connectivity index is 1.90. The van der Waals surface area contributed by atoms with E-state index in [0.717, 1.165) is 56.6 Å². The van der Waals surface area contributed by atoms with Crippen LogP contribution in [0, 0.1) is 0 Å². The summed E-state index contributed by atoms with van der Waals surface area (Å²) in [7, 11) is -3.48. The second-order valence-corrected chi connectivity index (χ2v) is 9.53. The van der Waals surface area contributed by atoms with Crippen molar-refractivity contribution in [2.75, 3.05) is 36.4 Å². The summed E-state index contributed by atoms with van der Waals surface area (Å²) in [6, 6.07) is 5.80. The molecule has 1 aliphatic carbocycles. The number of sulfonamides is 1. The van der Waals surface area contributed by atoms with Gasteiger partial charge in [0.1, 0.15) is 0 Å². The molecular weight excluding hydrogens is 380 g/mol. The second-order valence-electron chi connectivity index (χ2n) is 7.19. The third-order valence-corrected chi connectivity index (χ3v) is 7.30. The number of rotatable bonds is 7. The van der Waals surface area contributed by atoms with Gasteiger partial charge < -0.3 is 15.5 Å². The average molecular weight is 411 g/mol. The molecular formula is C19H30N4O2S2. The molecule has 0 bridgehead atoms. The van der Waals surface area contributed by atoms with Crippen molar-refractivity contribution in [3.63, 3.8) is 0 Å². The van der Waals surface area contributed by atoms with E-state index in [4.69, 9.17) is 12.2 Å². The van der Waals surface area contributed by atoms with E-state index >= 15 is 0 Å². The van der Waals surface area contributed by atoms with Gasteiger partial charge in [0.25, 0.3) is 0 Å². The zero-order valence-electron chi connectivity index (χ0n) is 16.2. The monoisotopic (exact) mass is 410 g/mol. The highest BCUT2D eigenvalue weighted by Crippen LogP contribution is 2.31. The topological polar surface area (TPSA) is 64.7 Å². The number of hydrogen-bond acceptors (Lipinski definition) is 4. The summed E-state index contributed by atoms with van der Waals surface area (Å²) < 4.78 is 27.7. The summed E-state index contributed by atoms with van der Waals surface area (Å²) in [4.78, 5) is 2.52. The molecule has 0 unspecified atom stereocenters. The van der Waals surface area contributed by atoms with Crippen LogP contribution in [0.15, 0.2) is 23.1 Å². The Bertz CT molecular complexity index is 768. The molecule has 3 rings (SSSR count). The number of thiocarbonyl (C=S) groups is 1. The van der Waals surface area contributed by atoms with E-state index in [9.17, 15) is 8.42 Å². The summed E-state index contributed by atoms with van der Waals surface area (Å²) >= 11 is 5.43. The Kier molecular flexibility index (Phi) is 6.60. The maximum atomic E-state index is 13.1. The molecule has 1 saturated carbocycles. The van der Waals surface area contributed by atoms with Crippen molar-refractivity contribution in [2.45, 2.75) is 56.9 Å². The molecule has 0 amide bonds. The third kappa shape index (κ3) is 4.92. The van der Waals surface area contributed by atoms with Gasteiger partial charge in [0.15, 0.2) is 5.11 Å². The minimum Gasteiger partial charge on any atom is -0.370 e. The molecule has 2 N–H and O–H groups in total. The Labute approximate surface area is 168 Å². The van der Waals surface area contributed by atoms with Crippen LogP contribution >= 0.6 is 12.2 Å². The predicted octanol–water partition coefficient (Wildman–Crippen LogP) is 3.16. The van der Waals surface area contributed by atoms with Crippen molar-refractivity contribution in [1.82, 2.24) is 9.62 Å². The number of anilines is 2. The van der Waals surface area contributed by atoms with Crippen molar-refractivity contribution in [3.05, 3.63) is 18.2 Å². The van der Waals surface area contributed by atoms with Crippen LogP contribution in [0.4, 0.5) is 11.4 Å². The fourth-order valence-electron chi connectivity index (χ4n) is 3.44. The van der Waals surface area contributed by atoms with Gasteiger partial charge in [-0.05, 0) is 69.9 Å². The quantitative estimate of drug-likeness (QED) is 0.673. The van der Waals surface area contributed by atoms with Crippen LogP contribution in [-0.4, -0.2) is 50.1 Å². The largest absolute Gasteiger partial charge is 0.370 e. The molecule has 1 aliphatic heterocycles. The fourth-order valence-corrected chi connectivity index (χ4v) is 5.26. The van der Waals surface area contributed by atoms with Crippen molar-refractivity contribution in [3.8, 4) is 0 Å². The maximum absolute atomic E-state index is 13.1. The summed E-state index contributed by atoms with van der Waals surface area (Å²) in [6.45, 7) is 7.06. The fraction of sp³-hybridized carbons (Fsp3) is 0.632. The molecule has 2 aliphatic rings. The summed E-state index contributed by atoms with van der Waals surface area (Å²) in [5, 5.41) is 7.06. The third-order valence-electron chi connectivity index (χ3n) is 5.19. The summed E-state index contributed by atoms with van der Waals surface area (Å²) in [6.07, 6.45) is 5.22. The molecule has 0 spiro atoms. The Morgan fingerprint density at radius 2 is 1.85 bits per heavy atom. The van der Waals surface area contributed by atoms with Crippen LogP contribution in [0.2, 0.25) is 0 Å². The molecule has 150 valence electrons. The van der Waals surface area contributed by atoms with Gasteiger partial charge in [-0.15, -0.1) is 0 Å². The number of hydrogen-bond donors (Lipinski definition) is 2. The lowest BCUT2D eigenvalue weighted by molar-refractivity contribution is 0.346. The zero-order valence-corrected chi connectivity index (χ0v) is 17.8. The lowest BCUT2D eigenvalue weighted by Gasteiger charge is -2.28. The zero-order chi connectivity index (χ0) is 19.4. The average Bonchev–Trinajstić information content (AvgIpc) is 3.48. The first-order valence-corrected chi connectivity index (χ1v) is 11.8. The van der Waals surface area contributed by atoms with Gasteiger partial charge >= 0.3 is 0 Å². The second kappa shape index (κ2) is 8.75. The van der Waals surface area contributed by atoms with E-state index in [1.807, 2.05) is 6.07 Å². The molecule has 0 radical (unpaired) electrons. The number of nitrogens with zero attached hydrogens (tertiary/aromatic N) is 2. The van der Waals surface area contributed by atoms with E-state index in [-0.39, 0.29) is 0 Å². The number of nitrogens with one attached hydrogen (secondary N) is 2. The van der Waals surface area contributed by atoms with E-state index in [2.05, 4.69) is 29.4 Å². The highest BCUT2D eigenvalue weighted by atomic mass is 32.2. The molecule has 1 heterocycles. The molecule has 2 fully saturated rings. The van der Waals surface area contributed by atoms with Crippen LogP contribution in [-0.2, 0) is 10.0 Å². The Hall–Kier alpha value is -1.38. The molecule has 0 atom stereocenters. The van der Waals surface area contributed by atoms with E-state index in [1.54, 1.807) is 16.4 Å². The smallest absolute Gasteiger partial charge is 0.243 e. The van der Waals surface area contributed by atoms with Crippen LogP contribution in [0.5, 0.6) is 0 Å². The molecule has 1 saturated heterocycles. The Morgan fingerprint density at radius 1 is 1.19 bits per heavy atom. The van der Waals surface area contributed by atoms with Gasteiger partial charge in [-0.2, -0.15) is 4.31 Å². The standard InChI is InChI=1S/C19H30N4O2S2/c1-3-22(4-2)18-11-10-16(27(24,25)23-12-6-5-7-13-23)14-17(18)21-19(26)20-15-8-9-15/h10-11,14-15H,3-9,12-13H2,1-2H3,(H2,20,21,26). The lowest BCUT2D eigenvalue weighted by atomic mass is 10.2. The molecule has 6 nitrogen and oxygen atoms in total. The SMILES string of the molecule is CCN(CC)c1ccc(S(=O)(=O)N2CCCCC2)cc1NC(=S)NC1CC1. The summed E-state index contributed by atoms with van der Waals surface area (Å²) in [5.74, 6) is 0. The van der Waals surface area contributed by atoms with Gasteiger partial charge in [0.2, 0.25) is 10.0 Å². The van der Waals surface area contributed by atoms with Gasteiger partial charge in [-0.25, -0.2) is 8.42 Å². The lowest BCUT2D eigenvalue weighted by Crippen LogP contribution is -2.36. The first-order chi connectivity index (χ1) is 13.0. The van der Waals surface area contributed by atoms with Crippen LogP contribution in [0.3, 0.4) is 0 Å². The van der Waals surface area contributed by atoms with Crippen molar-refractivity contribution < 1.29 is 8.42 Å². The van der Waals surface area contributed by atoms with Crippen molar-refractivity contribution >= 4 is 38.7 Å². The molecule has 1 aromatic rings. The number of benzene rings is 1. The highest BCUT2D eigenvalue weighted by molar-refractivity contribution is 7.89. The predicted molar refractivity (Wildman–Crippen MR) is 115 cm³/mol. The van der Waals surface area contributed by atoms with E-state index in [1.165, 1.54) is 0 Å². The van der Waals surface area contributed by atoms with Gasteiger partial charge in [-0.1, -0.05) is 6.42 Å². The highest BCUT2D eigenvalue weighted by Gasteiger charge is 2.27. The van der Waals surface area contributed by atoms with Crippen LogP contribution in [0.1, 0.15) is 46.0 Å². The first kappa shape index (κ1) is 20.4. The van der Waals surface area contributed by atoms with Gasteiger partial charge in [-0.3, -0.25) is 0 Å². The molecule has 0 aromatic heterocycles. The minimum atomic E-state index is -3.48. The minimum absolute atomic E-state index is 0.331. The number of piperidine rings is 1. The van der Waals surface area contributed by atoms with Crippen LogP contribution in [0.25, 0.3) is 0 Å². The van der Waals surface area contributed by atoms with Crippen molar-refractivity contribution in [2.24, 2.45) is 0 Å². The molecule has 8 heteroatoms.